The molecule has 2 N–H and O–H groups in total. The van der Waals surface area contributed by atoms with Gasteiger partial charge in [-0.05, 0) is 86.7 Å². The van der Waals surface area contributed by atoms with Crippen LogP contribution in [0.5, 0.6) is 0 Å². The molecule has 4 bridgehead atoms. The molecule has 4 fully saturated rings. The fourth-order valence-corrected chi connectivity index (χ4v) is 6.05. The third kappa shape index (κ3) is 3.18. The number of halogens is 1. The van der Waals surface area contributed by atoms with Crippen molar-refractivity contribution in [2.75, 3.05) is 0 Å². The highest BCUT2D eigenvalue weighted by Crippen LogP contribution is 2.55. The third-order valence-corrected chi connectivity index (χ3v) is 6.43. The predicted molar refractivity (Wildman–Crippen MR) is 98.2 cm³/mol. The largest absolute Gasteiger partial charge is 0.357 e. The van der Waals surface area contributed by atoms with E-state index in [1.54, 1.807) is 6.07 Å². The Bertz CT molecular complexity index is 625. The molecule has 0 atom stereocenters. The van der Waals surface area contributed by atoms with E-state index in [4.69, 9.17) is 12.2 Å². The van der Waals surface area contributed by atoms with Crippen LogP contribution < -0.4 is 10.6 Å². The second-order valence-corrected chi connectivity index (χ2v) is 8.94. The van der Waals surface area contributed by atoms with Gasteiger partial charge in [0.05, 0.1) is 0 Å². The number of amides is 1. The summed E-state index contributed by atoms with van der Waals surface area (Å²) in [6.07, 6.45) is 7.85. The van der Waals surface area contributed by atoms with Crippen LogP contribution in [0.4, 0.5) is 0 Å². The maximum atomic E-state index is 12.3. The molecule has 1 amide bonds. The molecule has 122 valence electrons. The fourth-order valence-electron chi connectivity index (χ4n) is 5.34. The summed E-state index contributed by atoms with van der Waals surface area (Å²) in [5.74, 6) is 2.43. The summed E-state index contributed by atoms with van der Waals surface area (Å²) in [4.78, 5) is 12.3. The van der Waals surface area contributed by atoms with Crippen molar-refractivity contribution in [2.45, 2.75) is 44.1 Å². The van der Waals surface area contributed by atoms with E-state index in [1.165, 1.54) is 38.5 Å². The lowest BCUT2D eigenvalue weighted by molar-refractivity contribution is -0.0101. The first-order valence-electron chi connectivity index (χ1n) is 8.40. The van der Waals surface area contributed by atoms with E-state index in [0.29, 0.717) is 10.7 Å². The average molecular weight is 393 g/mol. The highest BCUT2D eigenvalue weighted by atomic mass is 79.9. The second-order valence-electron chi connectivity index (χ2n) is 7.62. The third-order valence-electron chi connectivity index (χ3n) is 5.73. The molecule has 0 unspecified atom stereocenters. The van der Waals surface area contributed by atoms with Crippen molar-refractivity contribution in [1.29, 1.82) is 0 Å². The summed E-state index contributed by atoms with van der Waals surface area (Å²) in [7, 11) is 0. The summed E-state index contributed by atoms with van der Waals surface area (Å²) >= 11 is 8.84. The number of nitrogens with one attached hydrogen (secondary N) is 2. The molecule has 4 saturated carbocycles. The van der Waals surface area contributed by atoms with Crippen LogP contribution in [0.1, 0.15) is 48.9 Å². The van der Waals surface area contributed by atoms with Crippen molar-refractivity contribution in [3.05, 3.63) is 34.3 Å². The SMILES string of the molecule is O=C(NC(=S)NC12CC3CC(CC(C3)C1)C2)c1cccc(Br)c1. The topological polar surface area (TPSA) is 41.1 Å². The summed E-state index contributed by atoms with van der Waals surface area (Å²) in [6.45, 7) is 0. The maximum Gasteiger partial charge on any atom is 0.257 e. The van der Waals surface area contributed by atoms with Gasteiger partial charge in [0, 0.05) is 15.6 Å². The highest BCUT2D eigenvalue weighted by molar-refractivity contribution is 9.10. The maximum absolute atomic E-state index is 12.3. The first-order chi connectivity index (χ1) is 11.0. The van der Waals surface area contributed by atoms with E-state index in [2.05, 4.69) is 26.6 Å². The molecular formula is C18H21BrN2OS. The van der Waals surface area contributed by atoms with E-state index in [9.17, 15) is 4.79 Å². The van der Waals surface area contributed by atoms with Crippen LogP contribution in [0.25, 0.3) is 0 Å². The van der Waals surface area contributed by atoms with Crippen LogP contribution in [0, 0.1) is 17.8 Å². The van der Waals surface area contributed by atoms with Crippen molar-refractivity contribution in [3.8, 4) is 0 Å². The molecule has 3 nitrogen and oxygen atoms in total. The van der Waals surface area contributed by atoms with Crippen LogP contribution >= 0.6 is 28.1 Å². The molecule has 4 aliphatic carbocycles. The zero-order valence-electron chi connectivity index (χ0n) is 13.0. The zero-order valence-corrected chi connectivity index (χ0v) is 15.4. The minimum atomic E-state index is -0.145. The molecule has 5 rings (SSSR count). The molecule has 1 aromatic rings. The Morgan fingerprint density at radius 1 is 1.13 bits per heavy atom. The van der Waals surface area contributed by atoms with Gasteiger partial charge >= 0.3 is 0 Å². The van der Waals surface area contributed by atoms with Crippen LogP contribution in [-0.2, 0) is 0 Å². The molecule has 4 aliphatic rings. The molecule has 1 aromatic carbocycles. The number of thiocarbonyl (C=S) groups is 1. The number of benzene rings is 1. The van der Waals surface area contributed by atoms with Crippen LogP contribution in [0.2, 0.25) is 0 Å². The van der Waals surface area contributed by atoms with Gasteiger partial charge < -0.3 is 5.32 Å². The number of hydrogen-bond acceptors (Lipinski definition) is 2. The zero-order chi connectivity index (χ0) is 16.0. The Balaban J connectivity index is 1.41. The van der Waals surface area contributed by atoms with E-state index in [0.717, 1.165) is 22.2 Å². The first kappa shape index (κ1) is 15.6. The van der Waals surface area contributed by atoms with E-state index in [-0.39, 0.29) is 11.4 Å². The molecule has 23 heavy (non-hydrogen) atoms. The van der Waals surface area contributed by atoms with Gasteiger partial charge in [-0.3, -0.25) is 10.1 Å². The lowest BCUT2D eigenvalue weighted by atomic mass is 9.53. The van der Waals surface area contributed by atoms with Gasteiger partial charge in [-0.2, -0.15) is 0 Å². The lowest BCUT2D eigenvalue weighted by Crippen LogP contribution is -2.61. The number of carbonyl (C=O) groups excluding carboxylic acids is 1. The minimum Gasteiger partial charge on any atom is -0.357 e. The van der Waals surface area contributed by atoms with Crippen LogP contribution in [-0.4, -0.2) is 16.6 Å². The van der Waals surface area contributed by atoms with Gasteiger partial charge in [-0.15, -0.1) is 0 Å². The Hall–Kier alpha value is -0.940. The number of carbonyl (C=O) groups is 1. The Kier molecular flexibility index (Phi) is 3.96. The number of rotatable bonds is 2. The van der Waals surface area contributed by atoms with E-state index >= 15 is 0 Å². The van der Waals surface area contributed by atoms with Crippen LogP contribution in [0.15, 0.2) is 28.7 Å². The highest BCUT2D eigenvalue weighted by Gasteiger charge is 2.51. The van der Waals surface area contributed by atoms with Crippen molar-refractivity contribution in [1.82, 2.24) is 10.6 Å². The first-order valence-corrected chi connectivity index (χ1v) is 9.60. The molecular weight excluding hydrogens is 372 g/mol. The van der Waals surface area contributed by atoms with Crippen molar-refractivity contribution in [2.24, 2.45) is 17.8 Å². The molecule has 0 radical (unpaired) electrons. The average Bonchev–Trinajstić information content (AvgIpc) is 2.44. The Morgan fingerprint density at radius 2 is 1.74 bits per heavy atom. The van der Waals surface area contributed by atoms with Crippen LogP contribution in [0.3, 0.4) is 0 Å². The van der Waals surface area contributed by atoms with Crippen molar-refractivity contribution in [3.63, 3.8) is 0 Å². The van der Waals surface area contributed by atoms with Gasteiger partial charge in [-0.25, -0.2) is 0 Å². The minimum absolute atomic E-state index is 0.135. The number of hydrogen-bond donors (Lipinski definition) is 2. The second kappa shape index (κ2) is 5.85. The van der Waals surface area contributed by atoms with Gasteiger partial charge in [0.25, 0.3) is 5.91 Å². The lowest BCUT2D eigenvalue weighted by Gasteiger charge is -2.57. The summed E-state index contributed by atoms with van der Waals surface area (Å²) < 4.78 is 0.894. The van der Waals surface area contributed by atoms with Gasteiger partial charge in [0.2, 0.25) is 0 Å². The monoisotopic (exact) mass is 392 g/mol. The fraction of sp³-hybridized carbons (Fsp3) is 0.556. The smallest absolute Gasteiger partial charge is 0.257 e. The standard InChI is InChI=1S/C18H21BrN2OS/c19-15-3-1-2-14(7-15)16(22)20-17(23)21-18-8-11-4-12(9-18)6-13(5-11)10-18/h1-3,7,11-13H,4-6,8-10H2,(H2,20,21,22,23). The molecule has 5 heteroatoms. The van der Waals surface area contributed by atoms with Gasteiger partial charge in [0.1, 0.15) is 0 Å². The molecule has 0 saturated heterocycles. The van der Waals surface area contributed by atoms with Crippen molar-refractivity contribution >= 4 is 39.2 Å². The molecule has 0 heterocycles. The van der Waals surface area contributed by atoms with Crippen molar-refractivity contribution < 1.29 is 4.79 Å². The molecule has 0 spiro atoms. The van der Waals surface area contributed by atoms with E-state index < -0.39 is 0 Å². The summed E-state index contributed by atoms with van der Waals surface area (Å²) in [5.41, 5.74) is 0.755. The molecule has 0 aliphatic heterocycles. The summed E-state index contributed by atoms with van der Waals surface area (Å²) in [6, 6.07) is 7.37. The Morgan fingerprint density at radius 3 is 2.30 bits per heavy atom. The van der Waals surface area contributed by atoms with Gasteiger partial charge in [-0.1, -0.05) is 22.0 Å². The predicted octanol–water partition coefficient (Wildman–Crippen LogP) is 4.02. The quantitative estimate of drug-likeness (QED) is 0.746. The Labute approximate surface area is 150 Å². The van der Waals surface area contributed by atoms with E-state index in [1.807, 2.05) is 18.2 Å². The summed E-state index contributed by atoms with van der Waals surface area (Å²) in [5, 5.41) is 6.87. The van der Waals surface area contributed by atoms with Gasteiger partial charge in [0.15, 0.2) is 5.11 Å². The normalized spacial score (nSPS) is 34.2. The molecule has 0 aromatic heterocycles.